The van der Waals surface area contributed by atoms with Gasteiger partial charge in [-0.3, -0.25) is 59.6 Å². The lowest BCUT2D eigenvalue weighted by Gasteiger charge is -2.42. The number of carbonyl (C=O) groups is 8. The summed E-state index contributed by atoms with van der Waals surface area (Å²) in [6, 6.07) is 37.2. The largest absolute Gasteiger partial charge is 0.493 e. The highest BCUT2D eigenvalue weighted by atomic mass is 32.2. The van der Waals surface area contributed by atoms with Gasteiger partial charge in [-0.1, -0.05) is 147 Å². The minimum atomic E-state index is -4.55. The van der Waals surface area contributed by atoms with Crippen molar-refractivity contribution in [3.63, 3.8) is 0 Å². The van der Waals surface area contributed by atoms with Crippen LogP contribution in [-0.2, 0) is 68.7 Å². The fourth-order valence-electron chi connectivity index (χ4n) is 19.2. The Labute approximate surface area is 797 Å². The molecule has 16 nitrogen and oxygen atoms in total. The molecule has 4 fully saturated rings. The van der Waals surface area contributed by atoms with Gasteiger partial charge in [0.15, 0.2) is 0 Å². The number of rotatable bonds is 15. The monoisotopic (exact) mass is 1880 g/mol. The number of alkyl halides is 3. The summed E-state index contributed by atoms with van der Waals surface area (Å²) in [6.07, 6.45) is 10.5. The highest BCUT2D eigenvalue weighted by molar-refractivity contribution is 8.19. The van der Waals surface area contributed by atoms with Crippen LogP contribution in [0.3, 0.4) is 0 Å². The predicted molar refractivity (Wildman–Crippen MR) is 537 cm³/mol. The topological polar surface area (TPSA) is 216 Å². The summed E-state index contributed by atoms with van der Waals surface area (Å²) >= 11 is 3.43. The molecular formula is C109H123F4N5O11S4. The quantitative estimate of drug-likeness (QED) is 0.0554. The van der Waals surface area contributed by atoms with E-state index in [0.717, 1.165) is 153 Å². The Hall–Kier alpha value is -10.4. The number of ether oxygens (including phenoxy) is 3. The van der Waals surface area contributed by atoms with E-state index in [1.807, 2.05) is 72.7 Å². The van der Waals surface area contributed by atoms with E-state index in [1.54, 1.807) is 67.5 Å². The van der Waals surface area contributed by atoms with Crippen LogP contribution in [0.25, 0.3) is 68.8 Å². The first-order chi connectivity index (χ1) is 61.9. The Morgan fingerprint density at radius 3 is 1.00 bits per heavy atom. The summed E-state index contributed by atoms with van der Waals surface area (Å²) in [6.45, 7) is 51.1. The Bertz CT molecular complexity index is 6270. The van der Waals surface area contributed by atoms with Crippen LogP contribution in [0.4, 0.5) is 42.4 Å². The summed E-state index contributed by atoms with van der Waals surface area (Å²) in [7, 11) is 3.57. The van der Waals surface area contributed by atoms with Crippen molar-refractivity contribution in [1.82, 2.24) is 21.3 Å². The predicted octanol–water partition coefficient (Wildman–Crippen LogP) is 27.8. The third-order valence-electron chi connectivity index (χ3n) is 27.4. The van der Waals surface area contributed by atoms with Crippen molar-refractivity contribution >= 4 is 122 Å². The molecule has 4 aliphatic carbocycles. The molecule has 4 N–H and O–H groups in total. The number of hydrogen-bond acceptors (Lipinski definition) is 16. The number of nitrogens with one attached hydrogen (secondary N) is 4. The van der Waals surface area contributed by atoms with Crippen molar-refractivity contribution in [2.45, 2.75) is 266 Å². The first kappa shape index (κ1) is 100. The van der Waals surface area contributed by atoms with E-state index in [0.29, 0.717) is 51.2 Å². The molecule has 0 saturated carbocycles. The summed E-state index contributed by atoms with van der Waals surface area (Å²) in [4.78, 5) is 97.3. The van der Waals surface area contributed by atoms with E-state index in [-0.39, 0.29) is 92.7 Å². The number of anilines is 1. The molecule has 133 heavy (non-hydrogen) atoms. The van der Waals surface area contributed by atoms with Crippen LogP contribution in [0.1, 0.15) is 279 Å². The average molecular weight is 1880 g/mol. The Kier molecular flexibility index (Phi) is 28.4. The lowest BCUT2D eigenvalue weighted by atomic mass is 9.62. The molecule has 4 aliphatic heterocycles. The smallest absolute Gasteiger partial charge is 0.417 e. The van der Waals surface area contributed by atoms with Crippen LogP contribution in [0.5, 0.6) is 17.2 Å². The van der Waals surface area contributed by atoms with Gasteiger partial charge in [0, 0.05) is 42.0 Å². The van der Waals surface area contributed by atoms with Gasteiger partial charge in [0.1, 0.15) is 23.1 Å². The van der Waals surface area contributed by atoms with E-state index in [1.165, 1.54) is 75.6 Å². The minimum Gasteiger partial charge on any atom is -0.493 e. The molecule has 702 valence electrons. The van der Waals surface area contributed by atoms with E-state index in [4.69, 9.17) is 14.2 Å². The lowest BCUT2D eigenvalue weighted by molar-refractivity contribution is -0.137. The maximum atomic E-state index is 16.0. The number of nitrogens with zero attached hydrogens (tertiary/aromatic N) is 1. The molecule has 0 bridgehead atoms. The van der Waals surface area contributed by atoms with E-state index in [2.05, 4.69) is 181 Å². The first-order valence-electron chi connectivity index (χ1n) is 45.5. The highest BCUT2D eigenvalue weighted by Crippen LogP contribution is 2.56. The number of carbonyl (C=O) groups excluding carboxylic acids is 8. The maximum Gasteiger partial charge on any atom is 0.417 e. The van der Waals surface area contributed by atoms with Gasteiger partial charge in [0.25, 0.3) is 44.6 Å². The number of fused-ring (bicyclic) bond motifs is 4. The molecule has 4 heterocycles. The van der Waals surface area contributed by atoms with Crippen molar-refractivity contribution < 1.29 is 70.1 Å². The van der Waals surface area contributed by atoms with Gasteiger partial charge in [-0.05, 0) is 394 Å². The SMILES string of the molecule is CCOc1ccc(/C=C2\SC(=O)NC2=O)c(F)c1-c1cc2c(cc1C)C(C)(C)CCC2(C)C.CCOc1ccc(/C=C2\SC(=O)NC2=O)cc1-c1cc2c(cc1C)C(C)(C)CCC2(C)C.CN(C)c1ccc(/C=C2\SC(=O)NC2=O)cc1-c1cc2c(cc1C(F)(F)F)C(C)(C)CCC2(C)C.Cc1cc2c(cc1-c1cc(/C=C3\SC(=O)NC3=O)ccc1OC(C)C)C(C)(C)CCC2(C)C. The van der Waals surface area contributed by atoms with Gasteiger partial charge < -0.3 is 19.1 Å². The molecule has 0 aromatic heterocycles. The van der Waals surface area contributed by atoms with Gasteiger partial charge in [-0.15, -0.1) is 0 Å². The van der Waals surface area contributed by atoms with Gasteiger partial charge in [0.05, 0.1) is 50.1 Å². The van der Waals surface area contributed by atoms with Gasteiger partial charge in [-0.2, -0.15) is 13.2 Å². The number of amides is 8. The number of hydrogen-bond donors (Lipinski definition) is 4. The summed E-state index contributed by atoms with van der Waals surface area (Å²) in [5.41, 5.74) is 21.7. The molecule has 24 heteroatoms. The van der Waals surface area contributed by atoms with Crippen LogP contribution in [0.15, 0.2) is 135 Å². The van der Waals surface area contributed by atoms with Crippen molar-refractivity contribution in [2.24, 2.45) is 0 Å². The highest BCUT2D eigenvalue weighted by Gasteiger charge is 2.46. The zero-order valence-corrected chi connectivity index (χ0v) is 84.3. The van der Waals surface area contributed by atoms with Gasteiger partial charge >= 0.3 is 6.18 Å². The Morgan fingerprint density at radius 2 is 0.662 bits per heavy atom. The standard InChI is InChI=1S/C28H33NO3S.C27H29F3N2O2S.C27H30FNO3S.C27H31NO3S/c1-16(2)32-23-9-8-18(14-24-25(30)29-26(31)33-24)13-20(23)19-15-22-21(12-17(19)3)27(4,5)10-11-28(22,6)7;1-25(2)9-10-26(3,4)20-14-18(27(28,29)30)16(13-19(20)25)17-11-15(7-8-21(17)32(5)6)12-22-23(33)31-24(34)35-22;1-7-32-20-9-8-16(13-21-24(30)29-25(31)33-21)23(28)22(20)17-14-19-18(12-15(17)2)26(3,4)10-11-27(19,5)6;1-7-31-22-9-8-17(14-23-24(29)28-25(30)32-23)13-19(22)18-15-21-20(12-16(18)2)26(3,4)10-11-27(21,5)6/h8-9,12-16H,10-11H2,1-7H3,(H,29,30,31);7-8,11-14H,9-10H2,1-6H3,(H,31,33,34);8-9,12-14H,7,10-11H2,1-6H3,(H,29,30,31);8-9,12-15H,7,10-11H2,1-6H3,(H,28,29,30)/b24-14-;22-12-;21-13-;23-14-. The second kappa shape index (κ2) is 37.7. The number of imide groups is 4. The number of halogens is 4. The third-order valence-corrected chi connectivity index (χ3v) is 30.6. The number of benzene rings is 8. The zero-order chi connectivity index (χ0) is 97.4. The molecular weight excluding hydrogens is 1760 g/mol. The van der Waals surface area contributed by atoms with Crippen LogP contribution in [-0.4, -0.2) is 78.0 Å². The molecule has 0 radical (unpaired) electrons. The first-order valence-corrected chi connectivity index (χ1v) is 48.8. The molecule has 8 aromatic rings. The van der Waals surface area contributed by atoms with Crippen molar-refractivity contribution in [2.75, 3.05) is 32.2 Å². The Morgan fingerprint density at radius 1 is 0.368 bits per heavy atom. The fraction of sp³-hybridized carbons (Fsp3) is 0.413. The van der Waals surface area contributed by atoms with Crippen LogP contribution >= 0.6 is 47.0 Å². The molecule has 0 atom stereocenters. The Balaban J connectivity index is 0.000000151. The van der Waals surface area contributed by atoms with E-state index >= 15 is 4.39 Å². The summed E-state index contributed by atoms with van der Waals surface area (Å²) in [5.74, 6) is -0.0502. The van der Waals surface area contributed by atoms with Gasteiger partial charge in [-0.25, -0.2) is 4.39 Å². The van der Waals surface area contributed by atoms with Gasteiger partial charge in [0.2, 0.25) is 0 Å². The maximum absolute atomic E-state index is 16.0. The fourth-order valence-corrected chi connectivity index (χ4v) is 21.9. The van der Waals surface area contributed by atoms with Crippen LogP contribution in [0, 0.1) is 26.6 Å². The van der Waals surface area contributed by atoms with Crippen molar-refractivity contribution in [3.05, 3.63) is 230 Å². The second-order valence-electron chi connectivity index (χ2n) is 41.6. The minimum absolute atomic E-state index is 0.0198. The normalized spacial score (nSPS) is 20.1. The van der Waals surface area contributed by atoms with Crippen LogP contribution in [0.2, 0.25) is 0 Å². The molecule has 8 aliphatic rings. The van der Waals surface area contributed by atoms with Crippen molar-refractivity contribution in [1.29, 1.82) is 0 Å². The second-order valence-corrected chi connectivity index (χ2v) is 45.7. The molecule has 8 amide bonds. The summed E-state index contributed by atoms with van der Waals surface area (Å²) < 4.78 is 77.5. The van der Waals surface area contributed by atoms with E-state index < -0.39 is 39.8 Å². The summed E-state index contributed by atoms with van der Waals surface area (Å²) in [5, 5.41) is 7.48. The van der Waals surface area contributed by atoms with Crippen molar-refractivity contribution in [3.8, 4) is 61.8 Å². The molecule has 8 aromatic carbocycles. The van der Waals surface area contributed by atoms with Crippen LogP contribution < -0.4 is 40.4 Å². The lowest BCUT2D eigenvalue weighted by Crippen LogP contribution is -2.34. The molecule has 0 unspecified atom stereocenters. The number of aryl methyl sites for hydroxylation is 3. The number of thioether (sulfide) groups is 4. The molecule has 0 spiro atoms. The molecule has 4 saturated heterocycles. The third kappa shape index (κ3) is 21.3. The zero-order valence-electron chi connectivity index (χ0n) is 81.0. The average Bonchev–Trinajstić information content (AvgIpc) is 1.45. The molecule has 16 rings (SSSR count). The van der Waals surface area contributed by atoms with E-state index in [9.17, 15) is 51.5 Å².